The minimum Gasteiger partial charge on any atom is -0.370 e. The lowest BCUT2D eigenvalue weighted by molar-refractivity contribution is -0.137. The fourth-order valence-electron chi connectivity index (χ4n) is 7.41. The molecule has 2 rings (SSSR count). The number of carbonyl (C=O) groups excluding carboxylic acids is 8. The number of ketones is 3. The third kappa shape index (κ3) is 18.6. The summed E-state index contributed by atoms with van der Waals surface area (Å²) >= 11 is 0. The molecule has 1 aromatic heterocycles. The van der Waals surface area contributed by atoms with Gasteiger partial charge in [0.2, 0.25) is 29.5 Å². The number of Topliss-reactive ketones (excluding diaryl/α,β-unsaturated/α-hetero) is 3. The van der Waals surface area contributed by atoms with Crippen molar-refractivity contribution in [2.45, 2.75) is 144 Å². The van der Waals surface area contributed by atoms with Crippen molar-refractivity contribution in [2.24, 2.45) is 63.6 Å². The summed E-state index contributed by atoms with van der Waals surface area (Å²) < 4.78 is 0. The van der Waals surface area contributed by atoms with Crippen LogP contribution in [-0.4, -0.2) is 94.0 Å². The van der Waals surface area contributed by atoms with E-state index in [0.717, 1.165) is 5.69 Å². The second-order valence-corrected chi connectivity index (χ2v) is 17.5. The van der Waals surface area contributed by atoms with E-state index in [2.05, 4.69) is 36.2 Å². The number of carbonyl (C=O) groups is 8. The summed E-state index contributed by atoms with van der Waals surface area (Å²) in [5, 5.41) is 11.3. The summed E-state index contributed by atoms with van der Waals surface area (Å²) in [6, 6.07) is -3.04. The van der Waals surface area contributed by atoms with E-state index in [1.54, 1.807) is 27.0 Å². The molecule has 5 amide bonds. The molecule has 6 unspecified atom stereocenters. The highest BCUT2D eigenvalue weighted by Crippen LogP contribution is 2.23. The van der Waals surface area contributed by atoms with Crippen molar-refractivity contribution >= 4 is 52.8 Å². The van der Waals surface area contributed by atoms with Gasteiger partial charge in [-0.15, -0.1) is 0 Å². The number of nitrogens with one attached hydrogen (secondary N) is 5. The summed E-state index contributed by atoms with van der Waals surface area (Å²) in [5.74, 6) is -8.31. The molecule has 61 heavy (non-hydrogen) atoms. The molecule has 1 aromatic rings. The van der Waals surface area contributed by atoms with Gasteiger partial charge < -0.3 is 43.5 Å². The molecule has 0 spiro atoms. The van der Waals surface area contributed by atoms with Crippen molar-refractivity contribution in [1.29, 1.82) is 0 Å². The van der Waals surface area contributed by atoms with E-state index in [1.807, 2.05) is 27.7 Å². The minimum absolute atomic E-state index is 0.0147. The number of aromatic nitrogens is 2. The first kappa shape index (κ1) is 52.0. The average Bonchev–Trinajstić information content (AvgIpc) is 3.70. The number of aliphatic imine (C=N–C) groups is 1. The Hall–Kier alpha value is -5.16. The topological polar surface area (TPSA) is 304 Å². The molecule has 18 nitrogen and oxygen atoms in total. The number of guanidine groups is 1. The molecule has 1 aliphatic rings. The van der Waals surface area contributed by atoms with Crippen LogP contribution in [0.15, 0.2) is 17.5 Å². The molecule has 0 bridgehead atoms. The SMILES string of the molecule is CC[C@H](C)C1NC(=O)C(C(C)C)CC(=O)C(CCCN=C(N)N)NC(=O)C(CC(=O)C(CC(C)C)NC(=O)[C@@H](C)Cc2cnc[nH]2)CC(=O)NCCCCC(C(N)=O)CC1=O. The molecule has 0 aliphatic carbocycles. The molecule has 18 heteroatoms. The van der Waals surface area contributed by atoms with Crippen LogP contribution in [0.4, 0.5) is 0 Å². The highest BCUT2D eigenvalue weighted by Gasteiger charge is 2.36. The number of hydrogen-bond donors (Lipinski definition) is 8. The maximum atomic E-state index is 14.3. The van der Waals surface area contributed by atoms with Gasteiger partial charge in [0.1, 0.15) is 0 Å². The fourth-order valence-corrected chi connectivity index (χ4v) is 7.41. The van der Waals surface area contributed by atoms with Crippen LogP contribution in [0.1, 0.15) is 125 Å². The molecule has 11 N–H and O–H groups in total. The van der Waals surface area contributed by atoms with E-state index in [0.29, 0.717) is 25.7 Å². The van der Waals surface area contributed by atoms with E-state index in [-0.39, 0.29) is 87.0 Å². The van der Waals surface area contributed by atoms with E-state index in [4.69, 9.17) is 17.2 Å². The molecule has 1 fully saturated rings. The summed E-state index contributed by atoms with van der Waals surface area (Å²) in [4.78, 5) is 120. The standard InChI is InChI=1S/C43H72N10O8/c1-8-26(6)38-36(56)18-28(39(44)58)12-9-10-14-48-37(57)20-29(19-34(54)33(16-24(2)3)52-40(59)27(7)17-30-22-47-23-50-30)41(60)51-32(13-11-15-49-43(45)46)35(55)21-31(25(4)5)42(61)53-38/h22-29,31-33,38H,8-21H2,1-7H3,(H2,44,58)(H,47,50)(H,48,57)(H,51,60)(H,52,59)(H,53,61)(H4,45,46,49)/t26-,27-,28?,29?,31?,32?,33?,38?/m0/s1. The first-order valence-corrected chi connectivity index (χ1v) is 21.8. The largest absolute Gasteiger partial charge is 0.370 e. The van der Waals surface area contributed by atoms with E-state index >= 15 is 0 Å². The fraction of sp³-hybridized carbons (Fsp3) is 0.721. The quantitative estimate of drug-likeness (QED) is 0.0634. The first-order chi connectivity index (χ1) is 28.7. The van der Waals surface area contributed by atoms with Crippen LogP contribution >= 0.6 is 0 Å². The predicted molar refractivity (Wildman–Crippen MR) is 231 cm³/mol. The second-order valence-electron chi connectivity index (χ2n) is 17.5. The van der Waals surface area contributed by atoms with Crippen molar-refractivity contribution in [2.75, 3.05) is 13.1 Å². The van der Waals surface area contributed by atoms with Crippen LogP contribution in [0.2, 0.25) is 0 Å². The van der Waals surface area contributed by atoms with Gasteiger partial charge in [0, 0.05) is 74.8 Å². The van der Waals surface area contributed by atoms with Crippen molar-refractivity contribution < 1.29 is 38.4 Å². The molecule has 2 heterocycles. The summed E-state index contributed by atoms with van der Waals surface area (Å²) in [7, 11) is 0. The van der Waals surface area contributed by atoms with Crippen LogP contribution in [0.5, 0.6) is 0 Å². The van der Waals surface area contributed by atoms with E-state index < -0.39 is 89.8 Å². The zero-order chi connectivity index (χ0) is 45.8. The Morgan fingerprint density at radius 3 is 2.21 bits per heavy atom. The summed E-state index contributed by atoms with van der Waals surface area (Å²) in [6.07, 6.45) is 4.50. The molecule has 0 radical (unpaired) electrons. The maximum Gasteiger partial charge on any atom is 0.224 e. The predicted octanol–water partition coefficient (Wildman–Crippen LogP) is 1.75. The Labute approximate surface area is 360 Å². The molecule has 1 aliphatic heterocycles. The van der Waals surface area contributed by atoms with Gasteiger partial charge in [-0.3, -0.25) is 43.3 Å². The van der Waals surface area contributed by atoms with E-state index in [9.17, 15) is 38.4 Å². The van der Waals surface area contributed by atoms with Gasteiger partial charge >= 0.3 is 0 Å². The van der Waals surface area contributed by atoms with Gasteiger partial charge in [-0.25, -0.2) is 4.98 Å². The number of primary amides is 1. The number of H-pyrrole nitrogens is 1. The van der Waals surface area contributed by atoms with Gasteiger partial charge in [0.25, 0.3) is 0 Å². The first-order valence-electron chi connectivity index (χ1n) is 21.8. The van der Waals surface area contributed by atoms with Gasteiger partial charge in [-0.2, -0.15) is 0 Å². The average molecular weight is 857 g/mol. The van der Waals surface area contributed by atoms with Gasteiger partial charge in [0.05, 0.1) is 30.4 Å². The third-order valence-corrected chi connectivity index (χ3v) is 11.4. The lowest BCUT2D eigenvalue weighted by Gasteiger charge is -2.29. The number of nitrogens with zero attached hydrogens (tertiary/aromatic N) is 2. The number of rotatable bonds is 17. The molecule has 8 atom stereocenters. The Kier molecular flexibility index (Phi) is 22.4. The monoisotopic (exact) mass is 857 g/mol. The van der Waals surface area contributed by atoms with Crippen LogP contribution in [-0.2, 0) is 44.8 Å². The number of aromatic amines is 1. The number of imidazole rings is 1. The molecular formula is C43H72N10O8. The van der Waals surface area contributed by atoms with E-state index in [1.165, 1.54) is 6.33 Å². The van der Waals surface area contributed by atoms with Crippen molar-refractivity contribution in [3.05, 3.63) is 18.2 Å². The lowest BCUT2D eigenvalue weighted by Crippen LogP contribution is -2.50. The Morgan fingerprint density at radius 2 is 1.62 bits per heavy atom. The third-order valence-electron chi connectivity index (χ3n) is 11.4. The van der Waals surface area contributed by atoms with Crippen LogP contribution in [0.3, 0.4) is 0 Å². The molecular weight excluding hydrogens is 785 g/mol. The Morgan fingerprint density at radius 1 is 0.918 bits per heavy atom. The smallest absolute Gasteiger partial charge is 0.224 e. The number of hydrogen-bond acceptors (Lipinski definition) is 10. The van der Waals surface area contributed by atoms with Crippen molar-refractivity contribution in [3.8, 4) is 0 Å². The normalized spacial score (nSPS) is 23.2. The highest BCUT2D eigenvalue weighted by atomic mass is 16.2. The van der Waals surface area contributed by atoms with Gasteiger partial charge in [-0.1, -0.05) is 61.3 Å². The molecule has 0 aromatic carbocycles. The number of nitrogens with two attached hydrogens (primary N) is 3. The second kappa shape index (κ2) is 26.2. The maximum absolute atomic E-state index is 14.3. The van der Waals surface area contributed by atoms with Crippen molar-refractivity contribution in [1.82, 2.24) is 31.2 Å². The Balaban J connectivity index is 2.53. The van der Waals surface area contributed by atoms with Crippen LogP contribution in [0.25, 0.3) is 0 Å². The van der Waals surface area contributed by atoms with Crippen LogP contribution in [0, 0.1) is 41.4 Å². The summed E-state index contributed by atoms with van der Waals surface area (Å²) in [6.45, 7) is 13.1. The highest BCUT2D eigenvalue weighted by molar-refractivity contribution is 5.98. The van der Waals surface area contributed by atoms with Gasteiger partial charge in [-0.05, 0) is 49.9 Å². The summed E-state index contributed by atoms with van der Waals surface area (Å²) in [5.41, 5.74) is 17.5. The number of amides is 5. The van der Waals surface area contributed by atoms with Crippen molar-refractivity contribution in [3.63, 3.8) is 0 Å². The van der Waals surface area contributed by atoms with Crippen LogP contribution < -0.4 is 38.5 Å². The molecule has 1 saturated heterocycles. The molecule has 342 valence electrons. The molecule has 0 saturated carbocycles. The lowest BCUT2D eigenvalue weighted by atomic mass is 9.84. The minimum atomic E-state index is -1.23. The zero-order valence-electron chi connectivity index (χ0n) is 37.2. The zero-order valence-corrected chi connectivity index (χ0v) is 37.2. The Bertz CT molecular complexity index is 1660. The van der Waals surface area contributed by atoms with Gasteiger partial charge in [0.15, 0.2) is 23.3 Å².